The summed E-state index contributed by atoms with van der Waals surface area (Å²) in [5.74, 6) is 1.22. The number of hydrogen-bond acceptors (Lipinski definition) is 7. The molecule has 0 saturated carbocycles. The summed E-state index contributed by atoms with van der Waals surface area (Å²) >= 11 is 6.26. The topological polar surface area (TPSA) is 76.1 Å². The summed E-state index contributed by atoms with van der Waals surface area (Å²) in [7, 11) is 0. The molecule has 140 valence electrons. The molecular weight excluding hydrogens is 364 g/mol. The molecule has 1 saturated heterocycles. The number of halogens is 1. The van der Waals surface area contributed by atoms with E-state index in [-0.39, 0.29) is 12.2 Å². The van der Waals surface area contributed by atoms with Gasteiger partial charge in [-0.15, -0.1) is 0 Å². The Bertz CT molecular complexity index is 972. The molecule has 1 N–H and O–H groups in total. The molecule has 0 amide bonds. The second-order valence-corrected chi connectivity index (χ2v) is 7.26. The molecule has 27 heavy (non-hydrogen) atoms. The van der Waals surface area contributed by atoms with Crippen molar-refractivity contribution >= 4 is 40.2 Å². The van der Waals surface area contributed by atoms with Crippen LogP contribution in [-0.4, -0.2) is 45.2 Å². The molecule has 0 radical (unpaired) electrons. The van der Waals surface area contributed by atoms with Crippen LogP contribution in [0.3, 0.4) is 0 Å². The van der Waals surface area contributed by atoms with Crippen LogP contribution in [0.25, 0.3) is 11.2 Å². The molecule has 8 heteroatoms. The Kier molecular flexibility index (Phi) is 4.80. The third kappa shape index (κ3) is 3.79. The van der Waals surface area contributed by atoms with Crippen molar-refractivity contribution in [1.29, 1.82) is 0 Å². The first-order valence-corrected chi connectivity index (χ1v) is 9.30. The van der Waals surface area contributed by atoms with Crippen LogP contribution in [0.2, 0.25) is 5.02 Å². The summed E-state index contributed by atoms with van der Waals surface area (Å²) < 4.78 is 5.82. The standard InChI is InChI=1S/C19H21ClN6O/c1-11-4-5-14(8-15(11)20)23-18-16-17(22-7-6-21-16)24-19(25-18)26-9-12(2)27-13(3)10-26/h4-8,12-13H,9-10H2,1-3H3,(H,22,23,24,25)/t12-,13-/m0/s1. The van der Waals surface area contributed by atoms with Crippen molar-refractivity contribution in [2.45, 2.75) is 33.0 Å². The lowest BCUT2D eigenvalue weighted by Crippen LogP contribution is -2.46. The van der Waals surface area contributed by atoms with Gasteiger partial charge in [0.15, 0.2) is 17.0 Å². The predicted molar refractivity (Wildman–Crippen MR) is 107 cm³/mol. The van der Waals surface area contributed by atoms with Gasteiger partial charge < -0.3 is 15.0 Å². The van der Waals surface area contributed by atoms with E-state index in [1.807, 2.05) is 25.1 Å². The van der Waals surface area contributed by atoms with Gasteiger partial charge in [-0.25, -0.2) is 9.97 Å². The Morgan fingerprint density at radius 3 is 2.59 bits per heavy atom. The highest BCUT2D eigenvalue weighted by molar-refractivity contribution is 6.31. The molecule has 0 unspecified atom stereocenters. The second kappa shape index (κ2) is 7.25. The molecule has 0 spiro atoms. The lowest BCUT2D eigenvalue weighted by atomic mass is 10.2. The Morgan fingerprint density at radius 2 is 1.85 bits per heavy atom. The number of aromatic nitrogens is 4. The smallest absolute Gasteiger partial charge is 0.229 e. The van der Waals surface area contributed by atoms with Gasteiger partial charge in [0.05, 0.1) is 12.2 Å². The van der Waals surface area contributed by atoms with E-state index in [1.54, 1.807) is 12.4 Å². The molecule has 2 atom stereocenters. The number of fused-ring (bicyclic) bond motifs is 1. The fourth-order valence-corrected chi connectivity index (χ4v) is 3.41. The molecule has 1 aromatic carbocycles. The fourth-order valence-electron chi connectivity index (χ4n) is 3.23. The molecule has 0 aliphatic carbocycles. The number of morpholine rings is 1. The highest BCUT2D eigenvalue weighted by Crippen LogP contribution is 2.27. The molecule has 3 aromatic rings. The number of nitrogens with one attached hydrogen (secondary N) is 1. The molecule has 7 nitrogen and oxygen atoms in total. The van der Waals surface area contributed by atoms with Crippen molar-refractivity contribution in [2.24, 2.45) is 0 Å². The molecule has 2 aromatic heterocycles. The van der Waals surface area contributed by atoms with Gasteiger partial charge >= 0.3 is 0 Å². The number of anilines is 3. The van der Waals surface area contributed by atoms with Crippen LogP contribution in [0.1, 0.15) is 19.4 Å². The summed E-state index contributed by atoms with van der Waals surface area (Å²) in [6.07, 6.45) is 3.50. The van der Waals surface area contributed by atoms with Gasteiger partial charge in [-0.2, -0.15) is 9.97 Å². The summed E-state index contributed by atoms with van der Waals surface area (Å²) in [5, 5.41) is 4.02. The zero-order chi connectivity index (χ0) is 19.0. The minimum absolute atomic E-state index is 0.113. The SMILES string of the molecule is Cc1ccc(Nc2nc(N3C[C@H](C)O[C@@H](C)C3)nc3nccnc23)cc1Cl. The third-order valence-electron chi connectivity index (χ3n) is 4.46. The number of rotatable bonds is 3. The molecule has 1 aliphatic heterocycles. The lowest BCUT2D eigenvalue weighted by Gasteiger charge is -2.35. The van der Waals surface area contributed by atoms with E-state index in [9.17, 15) is 0 Å². The first-order chi connectivity index (χ1) is 13.0. The van der Waals surface area contributed by atoms with Gasteiger partial charge in [0.1, 0.15) is 0 Å². The minimum atomic E-state index is 0.113. The zero-order valence-corrected chi connectivity index (χ0v) is 16.2. The quantitative estimate of drug-likeness (QED) is 0.737. The van der Waals surface area contributed by atoms with E-state index >= 15 is 0 Å². The summed E-state index contributed by atoms with van der Waals surface area (Å²) in [4.78, 5) is 20.3. The van der Waals surface area contributed by atoms with Crippen molar-refractivity contribution in [3.05, 3.63) is 41.2 Å². The first-order valence-electron chi connectivity index (χ1n) is 8.92. The Balaban J connectivity index is 1.75. The van der Waals surface area contributed by atoms with Crippen molar-refractivity contribution in [3.8, 4) is 0 Å². The largest absolute Gasteiger partial charge is 0.372 e. The van der Waals surface area contributed by atoms with Gasteiger partial charge in [0, 0.05) is 36.2 Å². The highest BCUT2D eigenvalue weighted by Gasteiger charge is 2.25. The number of hydrogen-bond donors (Lipinski definition) is 1. The fraction of sp³-hybridized carbons (Fsp3) is 0.368. The van der Waals surface area contributed by atoms with Crippen molar-refractivity contribution < 1.29 is 4.74 Å². The Morgan fingerprint density at radius 1 is 1.11 bits per heavy atom. The Hall–Kier alpha value is -2.51. The van der Waals surface area contributed by atoms with Gasteiger partial charge in [-0.3, -0.25) is 0 Å². The van der Waals surface area contributed by atoms with E-state index in [0.29, 0.717) is 28.0 Å². The maximum atomic E-state index is 6.26. The van der Waals surface area contributed by atoms with Gasteiger partial charge in [0.25, 0.3) is 0 Å². The van der Waals surface area contributed by atoms with Crippen LogP contribution in [0, 0.1) is 6.92 Å². The van der Waals surface area contributed by atoms with Crippen molar-refractivity contribution in [1.82, 2.24) is 19.9 Å². The van der Waals surface area contributed by atoms with Crippen molar-refractivity contribution in [2.75, 3.05) is 23.3 Å². The highest BCUT2D eigenvalue weighted by atomic mass is 35.5. The average Bonchev–Trinajstić information content (AvgIpc) is 2.64. The molecular formula is C19H21ClN6O. The van der Waals surface area contributed by atoms with E-state index in [0.717, 1.165) is 24.3 Å². The third-order valence-corrected chi connectivity index (χ3v) is 4.87. The molecule has 4 rings (SSSR count). The van der Waals surface area contributed by atoms with Crippen molar-refractivity contribution in [3.63, 3.8) is 0 Å². The summed E-state index contributed by atoms with van der Waals surface area (Å²) in [6, 6.07) is 5.80. The summed E-state index contributed by atoms with van der Waals surface area (Å²) in [6.45, 7) is 7.53. The van der Waals surface area contributed by atoms with Crippen LogP contribution in [0.15, 0.2) is 30.6 Å². The second-order valence-electron chi connectivity index (χ2n) is 6.85. The van der Waals surface area contributed by atoms with E-state index in [2.05, 4.69) is 39.0 Å². The first kappa shape index (κ1) is 17.9. The van der Waals surface area contributed by atoms with E-state index in [1.165, 1.54) is 0 Å². The maximum Gasteiger partial charge on any atom is 0.229 e. The van der Waals surface area contributed by atoms with Crippen LogP contribution in [-0.2, 0) is 4.74 Å². The average molecular weight is 385 g/mol. The minimum Gasteiger partial charge on any atom is -0.372 e. The lowest BCUT2D eigenvalue weighted by molar-refractivity contribution is -0.00569. The molecule has 1 aliphatic rings. The van der Waals surface area contributed by atoms with E-state index < -0.39 is 0 Å². The zero-order valence-electron chi connectivity index (χ0n) is 15.5. The van der Waals surface area contributed by atoms with Crippen LogP contribution in [0.5, 0.6) is 0 Å². The van der Waals surface area contributed by atoms with Gasteiger partial charge in [0.2, 0.25) is 5.95 Å². The Labute approximate surface area is 162 Å². The van der Waals surface area contributed by atoms with Crippen LogP contribution >= 0.6 is 11.6 Å². The molecule has 3 heterocycles. The van der Waals surface area contributed by atoms with E-state index in [4.69, 9.17) is 21.3 Å². The monoisotopic (exact) mass is 384 g/mol. The van der Waals surface area contributed by atoms with Gasteiger partial charge in [-0.1, -0.05) is 17.7 Å². The number of ether oxygens (including phenoxy) is 1. The van der Waals surface area contributed by atoms with Crippen LogP contribution < -0.4 is 10.2 Å². The number of benzene rings is 1. The van der Waals surface area contributed by atoms with Crippen LogP contribution in [0.4, 0.5) is 17.5 Å². The predicted octanol–water partition coefficient (Wildman–Crippen LogP) is 3.74. The molecule has 1 fully saturated rings. The maximum absolute atomic E-state index is 6.26. The number of nitrogens with zero attached hydrogens (tertiary/aromatic N) is 5. The number of aryl methyl sites for hydroxylation is 1. The van der Waals surface area contributed by atoms with Gasteiger partial charge in [-0.05, 0) is 38.5 Å². The summed E-state index contributed by atoms with van der Waals surface area (Å²) in [5.41, 5.74) is 3.03. The molecule has 0 bridgehead atoms. The normalized spacial score (nSPS) is 20.1.